The van der Waals surface area contributed by atoms with Gasteiger partial charge in [0.05, 0.1) is 0 Å². The SMILES string of the molecule is CCCN(CC1CCNCC1)C(=O)CC(C)CC(C)(C)C. The number of amides is 1. The van der Waals surface area contributed by atoms with Gasteiger partial charge in [-0.2, -0.15) is 0 Å². The van der Waals surface area contributed by atoms with E-state index in [2.05, 4.69) is 44.8 Å². The Hall–Kier alpha value is -0.570. The van der Waals surface area contributed by atoms with E-state index in [0.29, 0.717) is 29.6 Å². The van der Waals surface area contributed by atoms with Crippen LogP contribution in [0, 0.1) is 17.3 Å². The van der Waals surface area contributed by atoms with Crippen molar-refractivity contribution in [2.75, 3.05) is 26.2 Å². The molecular weight excluding hydrogens is 260 g/mol. The lowest BCUT2D eigenvalue weighted by Gasteiger charge is -2.31. The zero-order valence-electron chi connectivity index (χ0n) is 14.9. The highest BCUT2D eigenvalue weighted by molar-refractivity contribution is 5.76. The molecule has 1 aliphatic rings. The van der Waals surface area contributed by atoms with Gasteiger partial charge < -0.3 is 10.2 Å². The van der Waals surface area contributed by atoms with Crippen molar-refractivity contribution < 1.29 is 4.79 Å². The van der Waals surface area contributed by atoms with Crippen molar-refractivity contribution in [1.82, 2.24) is 10.2 Å². The first kappa shape index (κ1) is 18.5. The summed E-state index contributed by atoms with van der Waals surface area (Å²) in [5.74, 6) is 1.54. The Morgan fingerprint density at radius 1 is 1.29 bits per heavy atom. The second-order valence-electron chi connectivity index (χ2n) is 8.11. The average molecular weight is 296 g/mol. The van der Waals surface area contributed by atoms with Gasteiger partial charge in [0.25, 0.3) is 0 Å². The van der Waals surface area contributed by atoms with Crippen LogP contribution >= 0.6 is 0 Å². The highest BCUT2D eigenvalue weighted by atomic mass is 16.2. The molecule has 0 aromatic rings. The Labute approximate surface area is 131 Å². The number of piperidine rings is 1. The van der Waals surface area contributed by atoms with Crippen molar-refractivity contribution >= 4 is 5.91 Å². The smallest absolute Gasteiger partial charge is 0.222 e. The Morgan fingerprint density at radius 3 is 2.43 bits per heavy atom. The standard InChI is InChI=1S/C18H36N2O/c1-6-11-20(14-16-7-9-19-10-8-16)17(21)12-15(2)13-18(3,4)5/h15-16,19H,6-14H2,1-5H3. The molecule has 3 nitrogen and oxygen atoms in total. The number of nitrogens with zero attached hydrogens (tertiary/aromatic N) is 1. The maximum atomic E-state index is 12.6. The summed E-state index contributed by atoms with van der Waals surface area (Å²) in [6, 6.07) is 0. The van der Waals surface area contributed by atoms with Crippen LogP contribution in [0.25, 0.3) is 0 Å². The summed E-state index contributed by atoms with van der Waals surface area (Å²) in [4.78, 5) is 14.7. The normalized spacial score (nSPS) is 18.5. The number of hydrogen-bond donors (Lipinski definition) is 1. The van der Waals surface area contributed by atoms with Gasteiger partial charge in [-0.1, -0.05) is 34.6 Å². The van der Waals surface area contributed by atoms with Gasteiger partial charge in [0, 0.05) is 19.5 Å². The molecule has 1 amide bonds. The van der Waals surface area contributed by atoms with E-state index in [4.69, 9.17) is 0 Å². The minimum Gasteiger partial charge on any atom is -0.342 e. The van der Waals surface area contributed by atoms with Gasteiger partial charge in [-0.3, -0.25) is 4.79 Å². The molecule has 1 aliphatic heterocycles. The Morgan fingerprint density at radius 2 is 1.90 bits per heavy atom. The van der Waals surface area contributed by atoms with Crippen LogP contribution in [0.1, 0.15) is 66.7 Å². The van der Waals surface area contributed by atoms with Crippen molar-refractivity contribution in [3.05, 3.63) is 0 Å². The van der Waals surface area contributed by atoms with Gasteiger partial charge >= 0.3 is 0 Å². The van der Waals surface area contributed by atoms with Gasteiger partial charge in [0.1, 0.15) is 0 Å². The molecule has 1 saturated heterocycles. The summed E-state index contributed by atoms with van der Waals surface area (Å²) in [5.41, 5.74) is 0.310. The predicted octanol–water partition coefficient (Wildman–Crippen LogP) is 3.69. The fourth-order valence-corrected chi connectivity index (χ4v) is 3.51. The molecule has 0 aliphatic carbocycles. The molecule has 1 atom stereocenters. The number of nitrogens with one attached hydrogen (secondary N) is 1. The highest BCUT2D eigenvalue weighted by Crippen LogP contribution is 2.26. The van der Waals surface area contributed by atoms with E-state index < -0.39 is 0 Å². The predicted molar refractivity (Wildman–Crippen MR) is 90.3 cm³/mol. The van der Waals surface area contributed by atoms with Gasteiger partial charge in [-0.05, 0) is 56.0 Å². The van der Waals surface area contributed by atoms with Gasteiger partial charge in [0.2, 0.25) is 5.91 Å². The Bertz CT molecular complexity index is 303. The molecule has 1 unspecified atom stereocenters. The van der Waals surface area contributed by atoms with Crippen molar-refractivity contribution in [3.8, 4) is 0 Å². The summed E-state index contributed by atoms with van der Waals surface area (Å²) in [6.07, 6.45) is 5.31. The molecule has 1 heterocycles. The number of carbonyl (C=O) groups excluding carboxylic acids is 1. The van der Waals surface area contributed by atoms with Crippen LogP contribution in [0.4, 0.5) is 0 Å². The van der Waals surface area contributed by atoms with Crippen molar-refractivity contribution in [2.24, 2.45) is 17.3 Å². The van der Waals surface area contributed by atoms with E-state index >= 15 is 0 Å². The van der Waals surface area contributed by atoms with Crippen LogP contribution in [-0.4, -0.2) is 37.0 Å². The summed E-state index contributed by atoms with van der Waals surface area (Å²) in [7, 11) is 0. The van der Waals surface area contributed by atoms with Gasteiger partial charge in [-0.15, -0.1) is 0 Å². The van der Waals surface area contributed by atoms with Crippen LogP contribution < -0.4 is 5.32 Å². The third-order valence-corrected chi connectivity index (χ3v) is 4.27. The van der Waals surface area contributed by atoms with E-state index in [1.807, 2.05) is 0 Å². The second-order valence-corrected chi connectivity index (χ2v) is 8.11. The van der Waals surface area contributed by atoms with Gasteiger partial charge in [-0.25, -0.2) is 0 Å². The van der Waals surface area contributed by atoms with E-state index in [0.717, 1.165) is 39.0 Å². The number of carbonyl (C=O) groups is 1. The van der Waals surface area contributed by atoms with Gasteiger partial charge in [0.15, 0.2) is 0 Å². The second kappa shape index (κ2) is 8.77. The maximum absolute atomic E-state index is 12.6. The largest absolute Gasteiger partial charge is 0.342 e. The molecule has 0 spiro atoms. The minimum atomic E-state index is 0.310. The van der Waals surface area contributed by atoms with Crippen LogP contribution in [0.3, 0.4) is 0 Å². The van der Waals surface area contributed by atoms with Crippen LogP contribution in [0.15, 0.2) is 0 Å². The molecule has 0 aromatic carbocycles. The highest BCUT2D eigenvalue weighted by Gasteiger charge is 2.23. The monoisotopic (exact) mass is 296 g/mol. The molecule has 0 aromatic heterocycles. The Kier molecular flexibility index (Phi) is 7.72. The quantitative estimate of drug-likeness (QED) is 0.777. The van der Waals surface area contributed by atoms with E-state index in [1.54, 1.807) is 0 Å². The van der Waals surface area contributed by atoms with E-state index in [-0.39, 0.29) is 0 Å². The third-order valence-electron chi connectivity index (χ3n) is 4.27. The minimum absolute atomic E-state index is 0.310. The summed E-state index contributed by atoms with van der Waals surface area (Å²) >= 11 is 0. The third kappa shape index (κ3) is 7.85. The molecule has 0 radical (unpaired) electrons. The van der Waals surface area contributed by atoms with E-state index in [1.165, 1.54) is 12.8 Å². The fraction of sp³-hybridized carbons (Fsp3) is 0.944. The first-order valence-corrected chi connectivity index (χ1v) is 8.80. The number of hydrogen-bond acceptors (Lipinski definition) is 2. The molecular formula is C18H36N2O. The fourth-order valence-electron chi connectivity index (χ4n) is 3.51. The molecule has 124 valence electrons. The van der Waals surface area contributed by atoms with E-state index in [9.17, 15) is 4.79 Å². The first-order chi connectivity index (χ1) is 9.81. The summed E-state index contributed by atoms with van der Waals surface area (Å²) < 4.78 is 0. The van der Waals surface area contributed by atoms with Crippen LogP contribution in [-0.2, 0) is 4.79 Å². The lowest BCUT2D eigenvalue weighted by molar-refractivity contribution is -0.133. The van der Waals surface area contributed by atoms with Crippen LogP contribution in [0.5, 0.6) is 0 Å². The first-order valence-electron chi connectivity index (χ1n) is 8.80. The summed E-state index contributed by atoms with van der Waals surface area (Å²) in [5, 5.41) is 3.40. The van der Waals surface area contributed by atoms with Crippen molar-refractivity contribution in [3.63, 3.8) is 0 Å². The zero-order valence-corrected chi connectivity index (χ0v) is 14.9. The van der Waals surface area contributed by atoms with Crippen molar-refractivity contribution in [1.29, 1.82) is 0 Å². The molecule has 3 heteroatoms. The molecule has 0 saturated carbocycles. The maximum Gasteiger partial charge on any atom is 0.222 e. The Balaban J connectivity index is 2.47. The summed E-state index contributed by atoms with van der Waals surface area (Å²) in [6.45, 7) is 15.3. The lowest BCUT2D eigenvalue weighted by atomic mass is 9.84. The lowest BCUT2D eigenvalue weighted by Crippen LogP contribution is -2.40. The zero-order chi connectivity index (χ0) is 15.9. The average Bonchev–Trinajstić information content (AvgIpc) is 2.37. The topological polar surface area (TPSA) is 32.3 Å². The molecule has 1 rings (SSSR count). The number of rotatable bonds is 7. The molecule has 21 heavy (non-hydrogen) atoms. The molecule has 1 fully saturated rings. The molecule has 1 N–H and O–H groups in total. The molecule has 0 bridgehead atoms. The van der Waals surface area contributed by atoms with Crippen LogP contribution in [0.2, 0.25) is 0 Å². The van der Waals surface area contributed by atoms with Crippen molar-refractivity contribution in [2.45, 2.75) is 66.7 Å².